The molecule has 0 atom stereocenters. The normalized spacial score (nSPS) is 12.1. The minimum absolute atomic E-state index is 0.00958. The van der Waals surface area contributed by atoms with E-state index in [9.17, 15) is 22.8 Å². The zero-order valence-electron chi connectivity index (χ0n) is 17.3. The Kier molecular flexibility index (Phi) is 5.42. The minimum Gasteiger partial charge on any atom is -0.326 e. The zero-order chi connectivity index (χ0) is 22.4. The maximum atomic E-state index is 13.1. The Morgan fingerprint density at radius 1 is 1.00 bits per heavy atom. The number of anilines is 1. The third kappa shape index (κ3) is 3.56. The van der Waals surface area contributed by atoms with E-state index in [1.807, 2.05) is 0 Å². The number of carbonyl (C=O) groups excluding carboxylic acids is 1. The average molecular weight is 433 g/mol. The first-order valence-corrected chi connectivity index (χ1v) is 10.8. The van der Waals surface area contributed by atoms with Gasteiger partial charge in [0.1, 0.15) is 5.39 Å². The molecule has 11 heteroatoms. The van der Waals surface area contributed by atoms with Gasteiger partial charge in [-0.2, -0.15) is 12.5 Å². The number of hydrogen-bond donors (Lipinski definition) is 1. The highest BCUT2D eigenvalue weighted by molar-refractivity contribution is 7.89. The second-order valence-electron chi connectivity index (χ2n) is 7.46. The van der Waals surface area contributed by atoms with Crippen LogP contribution >= 0.6 is 0 Å². The summed E-state index contributed by atoms with van der Waals surface area (Å²) >= 11 is 0. The van der Waals surface area contributed by atoms with Crippen LogP contribution < -0.4 is 16.6 Å². The molecule has 0 fully saturated rings. The SMILES string of the molecule is CC(=O)Nc1ccc(S(=O)(=O)n2cc3c(=O)n(C(C)C)c(=O)n(C(C)C)c3n2)cc1. The summed E-state index contributed by atoms with van der Waals surface area (Å²) < 4.78 is 29.2. The molecule has 2 heterocycles. The van der Waals surface area contributed by atoms with Crippen molar-refractivity contribution in [3.63, 3.8) is 0 Å². The first-order chi connectivity index (χ1) is 13.9. The van der Waals surface area contributed by atoms with Crippen LogP contribution in [0.1, 0.15) is 46.7 Å². The van der Waals surface area contributed by atoms with E-state index in [2.05, 4.69) is 10.4 Å². The van der Waals surface area contributed by atoms with Crippen molar-refractivity contribution in [3.05, 3.63) is 51.3 Å². The Hall–Kier alpha value is -3.21. The third-order valence-corrected chi connectivity index (χ3v) is 6.06. The summed E-state index contributed by atoms with van der Waals surface area (Å²) in [6.45, 7) is 8.26. The summed E-state index contributed by atoms with van der Waals surface area (Å²) in [6.07, 6.45) is 1.13. The smallest absolute Gasteiger partial charge is 0.326 e. The van der Waals surface area contributed by atoms with Gasteiger partial charge in [-0.15, -0.1) is 5.10 Å². The van der Waals surface area contributed by atoms with E-state index in [-0.39, 0.29) is 27.9 Å². The summed E-state index contributed by atoms with van der Waals surface area (Å²) in [4.78, 5) is 36.7. The van der Waals surface area contributed by atoms with Crippen molar-refractivity contribution in [2.45, 2.75) is 51.6 Å². The highest BCUT2D eigenvalue weighted by Gasteiger charge is 2.24. The summed E-state index contributed by atoms with van der Waals surface area (Å²) in [6, 6.07) is 4.82. The number of carbonyl (C=O) groups is 1. The number of rotatable bonds is 5. The van der Waals surface area contributed by atoms with Crippen molar-refractivity contribution in [1.29, 1.82) is 0 Å². The molecule has 1 amide bonds. The third-order valence-electron chi connectivity index (χ3n) is 4.51. The van der Waals surface area contributed by atoms with Gasteiger partial charge in [-0.1, -0.05) is 0 Å². The molecule has 0 saturated heterocycles. The fourth-order valence-corrected chi connectivity index (χ4v) is 4.29. The molecule has 0 radical (unpaired) electrons. The van der Waals surface area contributed by atoms with E-state index in [4.69, 9.17) is 0 Å². The van der Waals surface area contributed by atoms with E-state index >= 15 is 0 Å². The maximum absolute atomic E-state index is 13.1. The molecule has 0 unspecified atom stereocenters. The molecule has 0 saturated carbocycles. The van der Waals surface area contributed by atoms with E-state index in [0.29, 0.717) is 9.77 Å². The standard InChI is InChI=1S/C19H23N5O5S/c1-11(2)23-17-16(18(26)24(12(3)4)19(23)27)10-22(21-17)30(28,29)15-8-6-14(7-9-15)20-13(5)25/h6-12H,1-5H3,(H,20,25). The first kappa shape index (κ1) is 21.5. The Bertz CT molecular complexity index is 1340. The lowest BCUT2D eigenvalue weighted by atomic mass is 10.3. The van der Waals surface area contributed by atoms with Crippen LogP contribution in [0, 0.1) is 0 Å². The van der Waals surface area contributed by atoms with Crippen LogP contribution in [-0.2, 0) is 14.8 Å². The summed E-state index contributed by atoms with van der Waals surface area (Å²) in [5.41, 5.74) is -0.681. The Morgan fingerprint density at radius 3 is 2.07 bits per heavy atom. The maximum Gasteiger partial charge on any atom is 0.333 e. The van der Waals surface area contributed by atoms with Gasteiger partial charge in [-0.05, 0) is 52.0 Å². The van der Waals surface area contributed by atoms with E-state index in [1.54, 1.807) is 27.7 Å². The summed E-state index contributed by atoms with van der Waals surface area (Å²) in [5, 5.41) is 6.68. The Morgan fingerprint density at radius 2 is 1.57 bits per heavy atom. The van der Waals surface area contributed by atoms with E-state index in [1.165, 1.54) is 35.8 Å². The van der Waals surface area contributed by atoms with Crippen LogP contribution in [0.25, 0.3) is 11.0 Å². The topological polar surface area (TPSA) is 125 Å². The number of aromatic nitrogens is 4. The molecule has 30 heavy (non-hydrogen) atoms. The second-order valence-corrected chi connectivity index (χ2v) is 9.26. The van der Waals surface area contributed by atoms with Crippen molar-refractivity contribution in [2.24, 2.45) is 0 Å². The largest absolute Gasteiger partial charge is 0.333 e. The zero-order valence-corrected chi connectivity index (χ0v) is 18.1. The fourth-order valence-electron chi connectivity index (χ4n) is 3.16. The molecule has 0 aliphatic rings. The van der Waals surface area contributed by atoms with Crippen molar-refractivity contribution in [3.8, 4) is 0 Å². The second kappa shape index (κ2) is 7.56. The lowest BCUT2D eigenvalue weighted by Gasteiger charge is -2.15. The highest BCUT2D eigenvalue weighted by Crippen LogP contribution is 2.19. The van der Waals surface area contributed by atoms with Crippen LogP contribution in [0.15, 0.2) is 44.9 Å². The molecule has 1 N–H and O–H groups in total. The summed E-state index contributed by atoms with van der Waals surface area (Å²) in [7, 11) is -4.12. The van der Waals surface area contributed by atoms with Gasteiger partial charge in [0, 0.05) is 24.7 Å². The van der Waals surface area contributed by atoms with Crippen molar-refractivity contribution in [2.75, 3.05) is 5.32 Å². The molecular formula is C19H23N5O5S. The van der Waals surface area contributed by atoms with Gasteiger partial charge in [0.2, 0.25) is 5.91 Å². The molecule has 2 aromatic heterocycles. The molecule has 0 aliphatic heterocycles. The molecule has 10 nitrogen and oxygen atoms in total. The van der Waals surface area contributed by atoms with Gasteiger partial charge in [0.15, 0.2) is 5.65 Å². The lowest BCUT2D eigenvalue weighted by Crippen LogP contribution is -2.41. The number of amides is 1. The van der Waals surface area contributed by atoms with Crippen molar-refractivity contribution in [1.82, 2.24) is 18.3 Å². The van der Waals surface area contributed by atoms with Crippen molar-refractivity contribution < 1.29 is 13.2 Å². The van der Waals surface area contributed by atoms with Crippen LogP contribution in [-0.4, -0.2) is 32.6 Å². The van der Waals surface area contributed by atoms with E-state index in [0.717, 1.165) is 10.8 Å². The highest BCUT2D eigenvalue weighted by atomic mass is 32.2. The fraction of sp³-hybridized carbons (Fsp3) is 0.368. The van der Waals surface area contributed by atoms with Crippen LogP contribution in [0.5, 0.6) is 0 Å². The quantitative estimate of drug-likeness (QED) is 0.653. The van der Waals surface area contributed by atoms with Gasteiger partial charge >= 0.3 is 5.69 Å². The predicted molar refractivity (Wildman–Crippen MR) is 112 cm³/mol. The number of fused-ring (bicyclic) bond motifs is 1. The van der Waals surface area contributed by atoms with E-state index < -0.39 is 27.3 Å². The van der Waals surface area contributed by atoms with Crippen LogP contribution in [0.4, 0.5) is 5.69 Å². The molecule has 0 bridgehead atoms. The molecule has 0 spiro atoms. The average Bonchev–Trinajstić information content (AvgIpc) is 3.07. The first-order valence-electron chi connectivity index (χ1n) is 9.34. The van der Waals surface area contributed by atoms with Gasteiger partial charge in [0.25, 0.3) is 15.6 Å². The number of nitrogens with one attached hydrogen (secondary N) is 1. The molecular weight excluding hydrogens is 410 g/mol. The number of nitrogens with zero attached hydrogens (tertiary/aromatic N) is 4. The Balaban J connectivity index is 2.23. The lowest BCUT2D eigenvalue weighted by molar-refractivity contribution is -0.114. The molecule has 160 valence electrons. The monoisotopic (exact) mass is 433 g/mol. The summed E-state index contributed by atoms with van der Waals surface area (Å²) in [5.74, 6) is -0.281. The molecule has 3 rings (SSSR count). The molecule has 0 aliphatic carbocycles. The van der Waals surface area contributed by atoms with Gasteiger partial charge in [-0.25, -0.2) is 4.79 Å². The number of hydrogen-bond acceptors (Lipinski definition) is 6. The Labute approximate surface area is 172 Å². The van der Waals surface area contributed by atoms with Crippen molar-refractivity contribution >= 4 is 32.7 Å². The number of benzene rings is 1. The van der Waals surface area contributed by atoms with Crippen LogP contribution in [0.2, 0.25) is 0 Å². The minimum atomic E-state index is -4.12. The molecule has 1 aromatic carbocycles. The van der Waals surface area contributed by atoms with Crippen LogP contribution in [0.3, 0.4) is 0 Å². The molecule has 3 aromatic rings. The van der Waals surface area contributed by atoms with Gasteiger partial charge in [-0.3, -0.25) is 18.7 Å². The predicted octanol–water partition coefficient (Wildman–Crippen LogP) is 1.72. The van der Waals surface area contributed by atoms with Gasteiger partial charge < -0.3 is 5.32 Å². The van der Waals surface area contributed by atoms with Gasteiger partial charge in [0.05, 0.1) is 11.1 Å².